The summed E-state index contributed by atoms with van der Waals surface area (Å²) in [7, 11) is 1.44. The van der Waals surface area contributed by atoms with Crippen molar-refractivity contribution >= 4 is 52.5 Å². The Morgan fingerprint density at radius 3 is 2.16 bits per heavy atom. The van der Waals surface area contributed by atoms with E-state index in [2.05, 4.69) is 33.1 Å². The second-order valence-electron chi connectivity index (χ2n) is 25.1. The van der Waals surface area contributed by atoms with Crippen LogP contribution in [0.4, 0.5) is 24.5 Å². The number of Topliss-reactive ketones (excluding diaryl/α,β-unsaturated/α-hetero) is 1. The Bertz CT molecular complexity index is 3320. The number of aliphatic hydroxyl groups excluding tert-OH is 1. The molecule has 0 aromatic heterocycles. The third-order valence-corrected chi connectivity index (χ3v) is 18.8. The molecule has 3 saturated carbocycles. The molecule has 1 aliphatic heterocycles. The van der Waals surface area contributed by atoms with Crippen LogP contribution in [0.15, 0.2) is 90.5 Å². The summed E-state index contributed by atoms with van der Waals surface area (Å²) in [6.07, 6.45) is 0.208. The normalized spacial score (nSPS) is 25.2. The molecule has 93 heavy (non-hydrogen) atoms. The summed E-state index contributed by atoms with van der Waals surface area (Å²) in [6, 6.07) is 16.5. The van der Waals surface area contributed by atoms with Crippen LogP contribution >= 0.6 is 0 Å². The van der Waals surface area contributed by atoms with Crippen molar-refractivity contribution in [2.75, 3.05) is 83.3 Å². The molecule has 5 aliphatic rings. The summed E-state index contributed by atoms with van der Waals surface area (Å²) < 4.78 is 90.3. The lowest BCUT2D eigenvalue weighted by Gasteiger charge is -2.63. The fourth-order valence-electron chi connectivity index (χ4n) is 13.8. The summed E-state index contributed by atoms with van der Waals surface area (Å²) in [4.78, 5) is 94.4. The van der Waals surface area contributed by atoms with Crippen molar-refractivity contribution in [1.82, 2.24) is 16.0 Å². The van der Waals surface area contributed by atoms with Crippen LogP contribution in [0, 0.1) is 46.2 Å². The number of carbonyl (C=O) groups excluding carboxylic acids is 7. The second-order valence-corrected chi connectivity index (χ2v) is 25.1. The van der Waals surface area contributed by atoms with Gasteiger partial charge in [-0.15, -0.1) is 0 Å². The van der Waals surface area contributed by atoms with Gasteiger partial charge >= 0.3 is 0 Å². The van der Waals surface area contributed by atoms with Gasteiger partial charge in [-0.2, -0.15) is 0 Å². The molecular weight excluding hydrogens is 1210 g/mol. The number of carbonyl (C=O) groups is 7. The first-order valence-corrected chi connectivity index (χ1v) is 32.1. The maximum absolute atomic E-state index is 17.9. The Morgan fingerprint density at radius 2 is 1.47 bits per heavy atom. The summed E-state index contributed by atoms with van der Waals surface area (Å²) in [5, 5.41) is 22.5. The number of nitrogens with zero attached hydrogens (tertiary/aromatic N) is 1. The molecule has 0 saturated heterocycles. The van der Waals surface area contributed by atoms with Crippen LogP contribution in [0.1, 0.15) is 116 Å². The Morgan fingerprint density at radius 1 is 0.806 bits per heavy atom. The Hall–Kier alpha value is -7.30. The van der Waals surface area contributed by atoms with Crippen LogP contribution in [0.25, 0.3) is 0 Å². The van der Waals surface area contributed by atoms with E-state index in [0.717, 1.165) is 28.8 Å². The van der Waals surface area contributed by atoms with Gasteiger partial charge in [0.1, 0.15) is 42.0 Å². The Balaban J connectivity index is 0.691. The summed E-state index contributed by atoms with van der Waals surface area (Å²) in [5.74, 6) is -0.0816. The number of anilines is 2. The predicted molar refractivity (Wildman–Crippen MR) is 338 cm³/mol. The van der Waals surface area contributed by atoms with Crippen molar-refractivity contribution in [3.05, 3.63) is 113 Å². The van der Waals surface area contributed by atoms with E-state index in [-0.39, 0.29) is 119 Å². The summed E-state index contributed by atoms with van der Waals surface area (Å²) in [5.41, 5.74) is -3.97. The highest BCUT2D eigenvalue weighted by Crippen LogP contribution is 2.71. The van der Waals surface area contributed by atoms with Gasteiger partial charge < -0.3 is 64.4 Å². The van der Waals surface area contributed by atoms with Gasteiger partial charge in [0.25, 0.3) is 0 Å². The number of ether oxygens (including phenoxy) is 7. The van der Waals surface area contributed by atoms with Gasteiger partial charge in [-0.25, -0.2) is 13.2 Å². The van der Waals surface area contributed by atoms with Crippen LogP contribution in [0.2, 0.25) is 0 Å². The maximum Gasteiger partial charge on any atom is 0.246 e. The molecular formula is C70H88F3N5O15. The van der Waals surface area contributed by atoms with Crippen LogP contribution in [0.3, 0.4) is 0 Å². The van der Waals surface area contributed by atoms with E-state index in [9.17, 15) is 38.7 Å². The van der Waals surface area contributed by atoms with Crippen LogP contribution in [-0.2, 0) is 68.5 Å². The molecule has 5 amide bonds. The first kappa shape index (κ1) is 71.5. The van der Waals surface area contributed by atoms with Gasteiger partial charge in [-0.1, -0.05) is 82.4 Å². The first-order chi connectivity index (χ1) is 44.5. The summed E-state index contributed by atoms with van der Waals surface area (Å²) >= 11 is 0. The predicted octanol–water partition coefficient (Wildman–Crippen LogP) is 7.50. The molecule has 1 heterocycles. The molecule has 0 spiro atoms. The molecule has 3 aromatic carbocycles. The van der Waals surface area contributed by atoms with Crippen molar-refractivity contribution in [1.29, 1.82) is 0 Å². The Labute approximate surface area is 541 Å². The smallest absolute Gasteiger partial charge is 0.246 e. The molecule has 20 nitrogen and oxygen atoms in total. The number of hydrogen-bond donors (Lipinski definition) is 5. The molecule has 0 radical (unpaired) electrons. The van der Waals surface area contributed by atoms with Crippen molar-refractivity contribution in [2.24, 2.45) is 28.6 Å². The number of methoxy groups -OCH3 is 1. The number of ketones is 2. The number of amides is 5. The van der Waals surface area contributed by atoms with Crippen molar-refractivity contribution < 1.29 is 85.0 Å². The van der Waals surface area contributed by atoms with Gasteiger partial charge in [0.2, 0.25) is 35.3 Å². The second kappa shape index (κ2) is 32.2. The van der Waals surface area contributed by atoms with E-state index in [1.54, 1.807) is 25.7 Å². The number of rotatable bonds is 33. The third-order valence-electron chi connectivity index (χ3n) is 18.8. The van der Waals surface area contributed by atoms with Gasteiger partial charge in [0.15, 0.2) is 17.7 Å². The monoisotopic (exact) mass is 1300 g/mol. The topological polar surface area (TPSA) is 256 Å². The van der Waals surface area contributed by atoms with E-state index < -0.39 is 106 Å². The molecule has 8 rings (SSSR count). The number of para-hydroxylation sites is 1. The van der Waals surface area contributed by atoms with Gasteiger partial charge in [0, 0.05) is 66.9 Å². The highest BCUT2D eigenvalue weighted by Gasteiger charge is 2.76. The van der Waals surface area contributed by atoms with E-state index in [4.69, 9.17) is 33.2 Å². The lowest BCUT2D eigenvalue weighted by atomic mass is 9.44. The lowest BCUT2D eigenvalue weighted by molar-refractivity contribution is -0.263. The quantitative estimate of drug-likeness (QED) is 0.0225. The number of allylic oxidation sites excluding steroid dienone is 4. The number of benzene rings is 3. The maximum atomic E-state index is 17.9. The van der Waals surface area contributed by atoms with Gasteiger partial charge in [-0.3, -0.25) is 33.6 Å². The SMILES string of the molecule is CCCC(OC)O[C@]1(C(=O)COc2ccc(NC(=O)[C@H](C)NC(=O)[C@@H](NC(=O)CCOCCOCCOCCOCCNC(=O)CCC(=O)N3Cc4ccccc4C#Cc4ccccc43)C(C)C)c(F)c2)CC[C@H]2[C@@H]3C[C@H](F)C4=CC(=O)C=C[C@]4(C)[C@@]3(F)[C@@H](O)C[C@@]21C. The standard InChI is InChI=1S/C70H88F3N5O15/c1-8-13-63(87-7)93-69(28-25-51-52-40-54(71)53-38-49(79)24-27-67(53,5)70(52,73)58(80)41-68(51,69)6)59(81)43-92-50-20-21-56(55(72)39-50)76-65(85)45(4)75-66(86)64(44(2)3)77-61(83)26-30-88-32-34-90-36-37-91-35-33-89-31-29-74-60(82)22-23-62(84)78-42-48-16-10-9-14-46(48)18-19-47-15-11-12-17-57(47)78/h9-12,14-17,20-21,24,27,38-39,44-45,51-52,54,58,63-64,80H,8,13,22-23,25-26,28-37,40-43H2,1-7H3,(H,74,82)(H,75,86)(H,76,85)(H,77,83)/t45-,51-,52-,54-,58-,63?,64-,67-,68-,69-,70-/m0/s1. The molecule has 3 aromatic rings. The average Bonchev–Trinajstić information content (AvgIpc) is 1.65. The summed E-state index contributed by atoms with van der Waals surface area (Å²) in [6.45, 7) is 11.9. The van der Waals surface area contributed by atoms with Crippen molar-refractivity contribution in [3.8, 4) is 17.6 Å². The fraction of sp³-hybridized carbons (Fsp3) is 0.557. The van der Waals surface area contributed by atoms with Crippen LogP contribution in [0.5, 0.6) is 5.75 Å². The van der Waals surface area contributed by atoms with Gasteiger partial charge in [0.05, 0.1) is 76.9 Å². The van der Waals surface area contributed by atoms with Crippen LogP contribution in [-0.4, -0.2) is 161 Å². The third kappa shape index (κ3) is 16.4. The lowest BCUT2D eigenvalue weighted by Crippen LogP contribution is -2.71. The zero-order valence-electron chi connectivity index (χ0n) is 54.1. The molecule has 0 bridgehead atoms. The average molecular weight is 1300 g/mol. The van der Waals surface area contributed by atoms with E-state index >= 15 is 13.2 Å². The number of nitrogens with one attached hydrogen (secondary N) is 4. The molecule has 11 atom stereocenters. The number of fused-ring (bicyclic) bond motifs is 7. The zero-order valence-corrected chi connectivity index (χ0v) is 54.1. The molecule has 4 aliphatic carbocycles. The van der Waals surface area contributed by atoms with E-state index in [1.807, 2.05) is 55.5 Å². The number of hydrogen-bond acceptors (Lipinski definition) is 15. The minimum atomic E-state index is -2.37. The van der Waals surface area contributed by atoms with E-state index in [0.29, 0.717) is 44.9 Å². The highest BCUT2D eigenvalue weighted by molar-refractivity contribution is 6.02. The molecule has 504 valence electrons. The van der Waals surface area contributed by atoms with E-state index in [1.165, 1.54) is 45.2 Å². The van der Waals surface area contributed by atoms with Crippen molar-refractivity contribution in [3.63, 3.8) is 0 Å². The molecule has 3 fully saturated rings. The minimum absolute atomic E-state index is 0.0140. The van der Waals surface area contributed by atoms with Gasteiger partial charge in [-0.05, 0) is 111 Å². The largest absolute Gasteiger partial charge is 0.486 e. The van der Waals surface area contributed by atoms with Crippen molar-refractivity contribution in [2.45, 2.75) is 148 Å². The van der Waals surface area contributed by atoms with Crippen LogP contribution < -0.4 is 30.9 Å². The first-order valence-electron chi connectivity index (χ1n) is 32.1. The number of aliphatic hydroxyl groups is 1. The Kier molecular flexibility index (Phi) is 24.8. The minimum Gasteiger partial charge on any atom is -0.486 e. The highest BCUT2D eigenvalue weighted by atomic mass is 19.1. The molecule has 1 unspecified atom stereocenters. The number of alkyl halides is 2. The molecule has 23 heteroatoms. The number of halogens is 3. The fourth-order valence-corrected chi connectivity index (χ4v) is 13.8. The zero-order chi connectivity index (χ0) is 67.1. The molecule has 5 N–H and O–H groups in total.